The number of aryl methyl sites for hydroxylation is 1. The fourth-order valence-corrected chi connectivity index (χ4v) is 3.62. The molecule has 2 amide bonds. The molecule has 1 aromatic heterocycles. The highest BCUT2D eigenvalue weighted by Crippen LogP contribution is 2.23. The molecule has 7 nitrogen and oxygen atoms in total. The predicted octanol–water partition coefficient (Wildman–Crippen LogP) is 4.36. The number of fused-ring (bicyclic) bond motifs is 1. The third kappa shape index (κ3) is 7.56. The van der Waals surface area contributed by atoms with E-state index >= 15 is 0 Å². The monoisotopic (exact) mass is 450 g/mol. The maximum Gasteiger partial charge on any atom is 0.407 e. The van der Waals surface area contributed by atoms with E-state index in [1.54, 1.807) is 7.11 Å². The number of carbonyl (C=O) groups is 2. The van der Waals surface area contributed by atoms with Crippen LogP contribution in [0.5, 0.6) is 5.75 Å². The third-order valence-corrected chi connectivity index (χ3v) is 5.42. The van der Waals surface area contributed by atoms with Gasteiger partial charge in [0, 0.05) is 35.8 Å². The van der Waals surface area contributed by atoms with Crippen molar-refractivity contribution in [3.8, 4) is 5.75 Å². The maximum atomic E-state index is 12.4. The number of aromatic nitrogens is 1. The van der Waals surface area contributed by atoms with Gasteiger partial charge in [0.25, 0.3) is 0 Å². The van der Waals surface area contributed by atoms with Crippen molar-refractivity contribution in [2.45, 2.75) is 45.8 Å². The minimum Gasteiger partial charge on any atom is -0.497 e. The van der Waals surface area contributed by atoms with Crippen LogP contribution in [0.25, 0.3) is 10.9 Å². The molecule has 0 spiro atoms. The molecule has 0 aliphatic heterocycles. The lowest BCUT2D eigenvalue weighted by atomic mass is 10.2. The minimum absolute atomic E-state index is 0.0114. The van der Waals surface area contributed by atoms with E-state index in [-0.39, 0.29) is 19.1 Å². The van der Waals surface area contributed by atoms with Crippen LogP contribution in [-0.2, 0) is 22.7 Å². The molecule has 0 unspecified atom stereocenters. The number of alkyl carbamates (subject to hydrolysis) is 1. The van der Waals surface area contributed by atoms with Crippen LogP contribution in [0.2, 0.25) is 0 Å². The van der Waals surface area contributed by atoms with E-state index in [4.69, 9.17) is 9.47 Å². The van der Waals surface area contributed by atoms with Crippen molar-refractivity contribution < 1.29 is 19.1 Å². The Hall–Kier alpha value is -3.48. The van der Waals surface area contributed by atoms with Crippen molar-refractivity contribution >= 4 is 22.9 Å². The average molecular weight is 451 g/mol. The Balaban J connectivity index is 1.25. The van der Waals surface area contributed by atoms with E-state index in [0.717, 1.165) is 53.6 Å². The molecule has 0 atom stereocenters. The Bertz CT molecular complexity index is 1050. The Morgan fingerprint density at radius 3 is 2.42 bits per heavy atom. The van der Waals surface area contributed by atoms with E-state index < -0.39 is 6.09 Å². The first kappa shape index (κ1) is 24.2. The summed E-state index contributed by atoms with van der Waals surface area (Å²) in [4.78, 5) is 24.1. The van der Waals surface area contributed by atoms with Crippen molar-refractivity contribution in [1.29, 1.82) is 0 Å². The number of carbonyl (C=O) groups excluding carboxylic acids is 2. The number of nitrogens with zero attached hydrogens (tertiary/aromatic N) is 1. The summed E-state index contributed by atoms with van der Waals surface area (Å²) in [7, 11) is 1.64. The lowest BCUT2D eigenvalue weighted by Crippen LogP contribution is -2.28. The maximum absolute atomic E-state index is 12.4. The molecule has 0 aliphatic rings. The summed E-state index contributed by atoms with van der Waals surface area (Å²) >= 11 is 0. The molecular formula is C26H32N3O4. The number of hydrogen-bond donors (Lipinski definition) is 2. The first-order valence-corrected chi connectivity index (χ1v) is 11.3. The van der Waals surface area contributed by atoms with Crippen LogP contribution in [0.4, 0.5) is 4.79 Å². The van der Waals surface area contributed by atoms with Gasteiger partial charge in [-0.1, -0.05) is 43.2 Å². The second kappa shape index (κ2) is 12.5. The SMILES string of the molecule is COc1ccc2c([c]c(C)n2CC(=O)NCCCCCCNC(=O)OCc2ccccc2)c1. The molecule has 2 aromatic carbocycles. The van der Waals surface area contributed by atoms with Crippen molar-refractivity contribution in [2.75, 3.05) is 20.2 Å². The third-order valence-electron chi connectivity index (χ3n) is 5.42. The molecule has 0 bridgehead atoms. The van der Waals surface area contributed by atoms with Crippen LogP contribution < -0.4 is 15.4 Å². The highest BCUT2D eigenvalue weighted by atomic mass is 16.5. The molecule has 7 heteroatoms. The number of nitrogens with one attached hydrogen (secondary N) is 2. The molecule has 1 radical (unpaired) electrons. The van der Waals surface area contributed by atoms with E-state index in [1.165, 1.54) is 0 Å². The normalized spacial score (nSPS) is 10.7. The van der Waals surface area contributed by atoms with Gasteiger partial charge in [-0.3, -0.25) is 4.79 Å². The molecule has 1 heterocycles. The minimum atomic E-state index is -0.394. The highest BCUT2D eigenvalue weighted by Gasteiger charge is 2.10. The van der Waals surface area contributed by atoms with Crippen LogP contribution in [0.1, 0.15) is 36.9 Å². The number of methoxy groups -OCH3 is 1. The van der Waals surface area contributed by atoms with Crippen molar-refractivity contribution in [2.24, 2.45) is 0 Å². The predicted molar refractivity (Wildman–Crippen MR) is 128 cm³/mol. The Labute approximate surface area is 195 Å². The summed E-state index contributed by atoms with van der Waals surface area (Å²) in [6, 6.07) is 18.7. The first-order chi connectivity index (χ1) is 16.1. The van der Waals surface area contributed by atoms with Crippen LogP contribution >= 0.6 is 0 Å². The number of rotatable bonds is 12. The van der Waals surface area contributed by atoms with Gasteiger partial charge in [0.05, 0.1) is 7.11 Å². The summed E-state index contributed by atoms with van der Waals surface area (Å²) in [5, 5.41) is 6.70. The Kier molecular flexibility index (Phi) is 9.18. The standard InChI is InChI=1S/C26H32N3O4/c1-20-16-22-17-23(32-2)12-13-24(22)29(20)18-25(30)27-14-8-3-4-9-15-28-26(31)33-19-21-10-6-5-7-11-21/h5-7,10-13,17H,3-4,8-9,14-15,18-19H2,1-2H3,(H,27,30)(H,28,31). The van der Waals surface area contributed by atoms with E-state index in [0.29, 0.717) is 13.1 Å². The zero-order valence-electron chi connectivity index (χ0n) is 19.4. The van der Waals surface area contributed by atoms with Gasteiger partial charge in [-0.15, -0.1) is 0 Å². The summed E-state index contributed by atoms with van der Waals surface area (Å²) in [6.45, 7) is 3.72. The lowest BCUT2D eigenvalue weighted by Gasteiger charge is -2.10. The molecule has 0 aliphatic carbocycles. The zero-order valence-corrected chi connectivity index (χ0v) is 19.4. The van der Waals surface area contributed by atoms with Crippen LogP contribution in [-0.4, -0.2) is 36.8 Å². The second-order valence-corrected chi connectivity index (χ2v) is 7.93. The molecule has 2 N–H and O–H groups in total. The van der Waals surface area contributed by atoms with Crippen molar-refractivity contribution in [3.63, 3.8) is 0 Å². The number of ether oxygens (including phenoxy) is 2. The summed E-state index contributed by atoms with van der Waals surface area (Å²) in [6.07, 6.45) is 3.35. The second-order valence-electron chi connectivity index (χ2n) is 7.93. The van der Waals surface area contributed by atoms with Gasteiger partial charge in [-0.2, -0.15) is 0 Å². The smallest absolute Gasteiger partial charge is 0.407 e. The first-order valence-electron chi connectivity index (χ1n) is 11.3. The van der Waals surface area contributed by atoms with E-state index in [1.807, 2.05) is 60.0 Å². The molecule has 0 saturated heterocycles. The molecule has 33 heavy (non-hydrogen) atoms. The zero-order chi connectivity index (χ0) is 23.5. The molecular weight excluding hydrogens is 418 g/mol. The molecule has 175 valence electrons. The lowest BCUT2D eigenvalue weighted by molar-refractivity contribution is -0.121. The fourth-order valence-electron chi connectivity index (χ4n) is 3.62. The molecule has 0 fully saturated rings. The quantitative estimate of drug-likeness (QED) is 0.402. The number of unbranched alkanes of at least 4 members (excludes halogenated alkanes) is 3. The van der Waals surface area contributed by atoms with Gasteiger partial charge in [-0.25, -0.2) is 4.79 Å². The van der Waals surface area contributed by atoms with Gasteiger partial charge in [0.2, 0.25) is 5.91 Å². The fraction of sp³-hybridized carbons (Fsp3) is 0.385. The summed E-state index contributed by atoms with van der Waals surface area (Å²) in [5.74, 6) is 0.766. The van der Waals surface area contributed by atoms with Crippen LogP contribution in [0.3, 0.4) is 0 Å². The summed E-state index contributed by atoms with van der Waals surface area (Å²) < 4.78 is 12.4. The molecule has 3 rings (SSSR count). The van der Waals surface area contributed by atoms with E-state index in [9.17, 15) is 9.59 Å². The number of hydrogen-bond acceptors (Lipinski definition) is 4. The Morgan fingerprint density at radius 2 is 1.70 bits per heavy atom. The van der Waals surface area contributed by atoms with Gasteiger partial charge < -0.3 is 24.7 Å². The Morgan fingerprint density at radius 1 is 0.970 bits per heavy atom. The largest absolute Gasteiger partial charge is 0.497 e. The molecule has 0 saturated carbocycles. The van der Waals surface area contributed by atoms with Gasteiger partial charge in [-0.05, 0) is 43.5 Å². The molecule has 3 aromatic rings. The van der Waals surface area contributed by atoms with E-state index in [2.05, 4.69) is 16.7 Å². The van der Waals surface area contributed by atoms with Crippen molar-refractivity contribution in [3.05, 3.63) is 65.9 Å². The van der Waals surface area contributed by atoms with Crippen molar-refractivity contribution in [1.82, 2.24) is 15.2 Å². The van der Waals surface area contributed by atoms with Gasteiger partial charge in [0.15, 0.2) is 0 Å². The van der Waals surface area contributed by atoms with Crippen LogP contribution in [0, 0.1) is 13.0 Å². The topological polar surface area (TPSA) is 81.6 Å². The van der Waals surface area contributed by atoms with Crippen LogP contribution in [0.15, 0.2) is 48.5 Å². The average Bonchev–Trinajstić information content (AvgIpc) is 3.13. The van der Waals surface area contributed by atoms with Gasteiger partial charge >= 0.3 is 6.09 Å². The van der Waals surface area contributed by atoms with Gasteiger partial charge in [0.1, 0.15) is 18.9 Å². The highest BCUT2D eigenvalue weighted by molar-refractivity contribution is 5.85. The number of amides is 2. The number of benzene rings is 2. The summed E-state index contributed by atoms with van der Waals surface area (Å²) in [5.41, 5.74) is 2.86.